The van der Waals surface area contributed by atoms with Crippen molar-refractivity contribution in [1.29, 1.82) is 0 Å². The molecule has 0 radical (unpaired) electrons. The molecule has 1 atom stereocenters. The summed E-state index contributed by atoms with van der Waals surface area (Å²) in [5.41, 5.74) is 1.20. The number of aromatic nitrogens is 1. The first-order valence-corrected chi connectivity index (χ1v) is 7.79. The second-order valence-electron chi connectivity index (χ2n) is 5.62. The molecule has 0 amide bonds. The highest BCUT2D eigenvalue weighted by molar-refractivity contribution is 5.92. The van der Waals surface area contributed by atoms with Crippen LogP contribution in [0, 0.1) is 5.82 Å². The van der Waals surface area contributed by atoms with Crippen LogP contribution in [0.25, 0.3) is 0 Å². The molecule has 1 aliphatic rings. The summed E-state index contributed by atoms with van der Waals surface area (Å²) < 4.78 is 23.5. The van der Waals surface area contributed by atoms with Gasteiger partial charge in [0.25, 0.3) is 0 Å². The highest BCUT2D eigenvalue weighted by Crippen LogP contribution is 2.36. The average Bonchev–Trinajstić information content (AvgIpc) is 3.10. The number of methoxy groups -OCH3 is 2. The molecule has 1 saturated heterocycles. The van der Waals surface area contributed by atoms with Crippen LogP contribution >= 0.6 is 0 Å². The first-order chi connectivity index (χ1) is 11.6. The van der Waals surface area contributed by atoms with Crippen molar-refractivity contribution in [2.45, 2.75) is 18.9 Å². The van der Waals surface area contributed by atoms with Gasteiger partial charge in [0.1, 0.15) is 17.2 Å². The van der Waals surface area contributed by atoms with E-state index in [4.69, 9.17) is 9.47 Å². The fourth-order valence-corrected chi connectivity index (χ4v) is 3.11. The summed E-state index contributed by atoms with van der Waals surface area (Å²) in [5, 5.41) is 0. The Morgan fingerprint density at radius 1 is 1.29 bits per heavy atom. The number of halogens is 1. The van der Waals surface area contributed by atoms with Crippen LogP contribution in [0.3, 0.4) is 0 Å². The van der Waals surface area contributed by atoms with Gasteiger partial charge in [-0.05, 0) is 42.7 Å². The monoisotopic (exact) mass is 330 g/mol. The highest BCUT2D eigenvalue weighted by atomic mass is 19.1. The van der Waals surface area contributed by atoms with Gasteiger partial charge in [0.2, 0.25) is 5.88 Å². The molecule has 126 valence electrons. The molecule has 1 aromatic carbocycles. The molecular weight excluding hydrogens is 311 g/mol. The van der Waals surface area contributed by atoms with Crippen molar-refractivity contribution in [3.8, 4) is 5.88 Å². The number of rotatable bonds is 4. The van der Waals surface area contributed by atoms with Crippen molar-refractivity contribution < 1.29 is 18.7 Å². The van der Waals surface area contributed by atoms with Crippen molar-refractivity contribution in [3.63, 3.8) is 0 Å². The van der Waals surface area contributed by atoms with E-state index < -0.39 is 5.97 Å². The SMILES string of the molecule is COC(=O)c1ccc(N2CCCC2c2cccc(F)c2)nc1OC. The third-order valence-electron chi connectivity index (χ3n) is 4.22. The van der Waals surface area contributed by atoms with E-state index in [1.165, 1.54) is 20.3 Å². The van der Waals surface area contributed by atoms with Gasteiger partial charge in [-0.25, -0.2) is 9.18 Å². The van der Waals surface area contributed by atoms with Crippen LogP contribution in [0.4, 0.5) is 10.2 Å². The number of nitrogens with zero attached hydrogens (tertiary/aromatic N) is 2. The standard InChI is InChI=1S/C18H19FN2O3/c1-23-17-14(18(22)24-2)8-9-16(20-17)21-10-4-7-15(21)12-5-3-6-13(19)11-12/h3,5-6,8-9,11,15H,4,7,10H2,1-2H3. The lowest BCUT2D eigenvalue weighted by molar-refractivity contribution is 0.0596. The lowest BCUT2D eigenvalue weighted by Gasteiger charge is -2.26. The van der Waals surface area contributed by atoms with Crippen LogP contribution < -0.4 is 9.64 Å². The molecule has 0 bridgehead atoms. The zero-order valence-corrected chi connectivity index (χ0v) is 13.7. The van der Waals surface area contributed by atoms with Gasteiger partial charge in [-0.3, -0.25) is 0 Å². The second-order valence-corrected chi connectivity index (χ2v) is 5.62. The number of anilines is 1. The molecule has 2 heterocycles. The van der Waals surface area contributed by atoms with Crippen molar-refractivity contribution >= 4 is 11.8 Å². The molecule has 3 rings (SSSR count). The van der Waals surface area contributed by atoms with Crippen LogP contribution in [0.2, 0.25) is 0 Å². The molecule has 2 aromatic rings. The van der Waals surface area contributed by atoms with Gasteiger partial charge < -0.3 is 14.4 Å². The summed E-state index contributed by atoms with van der Waals surface area (Å²) >= 11 is 0. The Balaban J connectivity index is 1.94. The van der Waals surface area contributed by atoms with E-state index in [9.17, 15) is 9.18 Å². The Kier molecular flexibility index (Phi) is 4.64. The Bertz CT molecular complexity index is 751. The number of benzene rings is 1. The number of carbonyl (C=O) groups is 1. The molecule has 1 aromatic heterocycles. The van der Waals surface area contributed by atoms with Gasteiger partial charge in [0.05, 0.1) is 20.3 Å². The first kappa shape index (κ1) is 16.2. The van der Waals surface area contributed by atoms with Gasteiger partial charge in [-0.1, -0.05) is 12.1 Å². The van der Waals surface area contributed by atoms with Crippen LogP contribution in [-0.2, 0) is 4.74 Å². The number of hydrogen-bond acceptors (Lipinski definition) is 5. The van der Waals surface area contributed by atoms with Gasteiger partial charge in [-0.2, -0.15) is 4.98 Å². The summed E-state index contributed by atoms with van der Waals surface area (Å²) in [5.74, 6) is 0.190. The second kappa shape index (κ2) is 6.86. The quantitative estimate of drug-likeness (QED) is 0.805. The molecule has 24 heavy (non-hydrogen) atoms. The lowest BCUT2D eigenvalue weighted by atomic mass is 10.0. The predicted octanol–water partition coefficient (Wildman–Crippen LogP) is 3.36. The van der Waals surface area contributed by atoms with E-state index in [-0.39, 0.29) is 23.3 Å². The van der Waals surface area contributed by atoms with Crippen LogP contribution in [0.1, 0.15) is 34.8 Å². The van der Waals surface area contributed by atoms with Crippen molar-refractivity contribution in [2.75, 3.05) is 25.7 Å². The third kappa shape index (κ3) is 3.04. The van der Waals surface area contributed by atoms with Gasteiger partial charge in [-0.15, -0.1) is 0 Å². The smallest absolute Gasteiger partial charge is 0.343 e. The van der Waals surface area contributed by atoms with Crippen LogP contribution in [0.5, 0.6) is 5.88 Å². The number of pyridine rings is 1. The number of hydrogen-bond donors (Lipinski definition) is 0. The van der Waals surface area contributed by atoms with Crippen molar-refractivity contribution in [1.82, 2.24) is 4.98 Å². The summed E-state index contributed by atoms with van der Waals surface area (Å²) in [7, 11) is 2.78. The average molecular weight is 330 g/mol. The van der Waals surface area contributed by atoms with Gasteiger partial charge >= 0.3 is 5.97 Å². The summed E-state index contributed by atoms with van der Waals surface area (Å²) in [6, 6.07) is 10.1. The van der Waals surface area contributed by atoms with E-state index in [0.29, 0.717) is 5.82 Å². The minimum atomic E-state index is -0.492. The first-order valence-electron chi connectivity index (χ1n) is 7.79. The molecular formula is C18H19FN2O3. The maximum atomic E-state index is 13.5. The highest BCUT2D eigenvalue weighted by Gasteiger charge is 2.28. The van der Waals surface area contributed by atoms with Crippen LogP contribution in [0.15, 0.2) is 36.4 Å². The summed E-state index contributed by atoms with van der Waals surface area (Å²) in [6.45, 7) is 0.814. The van der Waals surface area contributed by atoms with Crippen molar-refractivity contribution in [3.05, 3.63) is 53.3 Å². The Morgan fingerprint density at radius 2 is 2.12 bits per heavy atom. The maximum absolute atomic E-state index is 13.5. The van der Waals surface area contributed by atoms with Crippen LogP contribution in [-0.4, -0.2) is 31.7 Å². The molecule has 1 fully saturated rings. The fraction of sp³-hybridized carbons (Fsp3) is 0.333. The molecule has 5 nitrogen and oxygen atoms in total. The van der Waals surface area contributed by atoms with E-state index in [1.807, 2.05) is 6.07 Å². The topological polar surface area (TPSA) is 51.7 Å². The van der Waals surface area contributed by atoms with E-state index in [1.54, 1.807) is 24.3 Å². The molecule has 6 heteroatoms. The zero-order valence-electron chi connectivity index (χ0n) is 13.7. The number of esters is 1. The fourth-order valence-electron chi connectivity index (χ4n) is 3.11. The summed E-state index contributed by atoms with van der Waals surface area (Å²) in [4.78, 5) is 18.3. The predicted molar refractivity (Wildman–Crippen MR) is 87.8 cm³/mol. The maximum Gasteiger partial charge on any atom is 0.343 e. The van der Waals surface area contributed by atoms with E-state index in [2.05, 4.69) is 9.88 Å². The molecule has 0 spiro atoms. The Morgan fingerprint density at radius 3 is 2.83 bits per heavy atom. The minimum Gasteiger partial charge on any atom is -0.480 e. The lowest BCUT2D eigenvalue weighted by Crippen LogP contribution is -2.24. The van der Waals surface area contributed by atoms with E-state index >= 15 is 0 Å². The largest absolute Gasteiger partial charge is 0.480 e. The number of carbonyl (C=O) groups excluding carboxylic acids is 1. The normalized spacial score (nSPS) is 17.0. The van der Waals surface area contributed by atoms with Crippen molar-refractivity contribution in [2.24, 2.45) is 0 Å². The molecule has 1 unspecified atom stereocenters. The molecule has 0 saturated carbocycles. The van der Waals surface area contributed by atoms with E-state index in [0.717, 1.165) is 24.9 Å². The minimum absolute atomic E-state index is 0.0573. The zero-order chi connectivity index (χ0) is 17.1. The van der Waals surface area contributed by atoms with Gasteiger partial charge in [0, 0.05) is 6.54 Å². The molecule has 0 N–H and O–H groups in total. The Labute approximate surface area is 140 Å². The molecule has 1 aliphatic heterocycles. The van der Waals surface area contributed by atoms with Gasteiger partial charge in [0.15, 0.2) is 0 Å². The number of ether oxygens (including phenoxy) is 2. The Hall–Kier alpha value is -2.63. The third-order valence-corrected chi connectivity index (χ3v) is 4.22. The summed E-state index contributed by atoms with van der Waals surface area (Å²) in [6.07, 6.45) is 1.91. The molecule has 0 aliphatic carbocycles.